The van der Waals surface area contributed by atoms with Crippen molar-refractivity contribution >= 4 is 43.7 Å². The SMILES string of the molecule is [2H]c1c([2H])c([2H])c(-c2nc(-c3ccc(-c4ccccc4)cc3)nc(-c3cc(-n4c5ccccc5c5ccccc54)cc4c3oc3cc(-c5cccc(-c6ccccc6)c5)ccc34)n2)c([2H])c1[2H]. The Kier molecular flexibility index (Phi) is 7.25. The molecule has 0 aliphatic carbocycles. The third-order valence-corrected chi connectivity index (χ3v) is 11.5. The first kappa shape index (κ1) is 30.6. The molecule has 12 aromatic rings. The van der Waals surface area contributed by atoms with Gasteiger partial charge in [0.05, 0.1) is 23.5 Å². The van der Waals surface area contributed by atoms with Crippen molar-refractivity contribution in [2.75, 3.05) is 0 Å². The highest BCUT2D eigenvalue weighted by Crippen LogP contribution is 2.42. The molecular formula is C57H36N4O. The Balaban J connectivity index is 1.13. The van der Waals surface area contributed by atoms with Crippen molar-refractivity contribution in [3.63, 3.8) is 0 Å². The molecule has 0 unspecified atom stereocenters. The first-order chi connectivity index (χ1) is 32.8. The maximum Gasteiger partial charge on any atom is 0.167 e. The first-order valence-corrected chi connectivity index (χ1v) is 20.4. The predicted octanol–water partition coefficient (Wildman–Crippen LogP) is 14.9. The molecule has 5 nitrogen and oxygen atoms in total. The van der Waals surface area contributed by atoms with Crippen LogP contribution < -0.4 is 0 Å². The van der Waals surface area contributed by atoms with E-state index in [0.717, 1.165) is 71.6 Å². The summed E-state index contributed by atoms with van der Waals surface area (Å²) < 4.78 is 52.7. The average Bonchev–Trinajstić information content (AvgIpc) is 3.93. The van der Waals surface area contributed by atoms with E-state index in [-0.39, 0.29) is 23.0 Å². The van der Waals surface area contributed by atoms with Gasteiger partial charge in [-0.2, -0.15) is 0 Å². The van der Waals surface area contributed by atoms with Gasteiger partial charge in [0.1, 0.15) is 11.2 Å². The fourth-order valence-electron chi connectivity index (χ4n) is 8.59. The summed E-state index contributed by atoms with van der Waals surface area (Å²) in [7, 11) is 0. The highest BCUT2D eigenvalue weighted by molar-refractivity contribution is 6.13. The Bertz CT molecular complexity index is 3840. The third kappa shape index (κ3) is 6.14. The molecule has 0 aliphatic heterocycles. The van der Waals surface area contributed by atoms with Crippen LogP contribution in [0.1, 0.15) is 6.85 Å². The lowest BCUT2D eigenvalue weighted by Crippen LogP contribution is -2.01. The van der Waals surface area contributed by atoms with Crippen molar-refractivity contribution in [1.82, 2.24) is 19.5 Å². The molecule has 5 heteroatoms. The largest absolute Gasteiger partial charge is 0.455 e. The summed E-state index contributed by atoms with van der Waals surface area (Å²) in [6.07, 6.45) is 0. The maximum absolute atomic E-state index is 8.99. The van der Waals surface area contributed by atoms with Gasteiger partial charge >= 0.3 is 0 Å². The lowest BCUT2D eigenvalue weighted by molar-refractivity contribution is 0.669. The zero-order valence-corrected chi connectivity index (χ0v) is 33.1. The van der Waals surface area contributed by atoms with E-state index in [0.29, 0.717) is 22.3 Å². The van der Waals surface area contributed by atoms with Gasteiger partial charge in [-0.05, 0) is 75.8 Å². The molecule has 0 spiro atoms. The van der Waals surface area contributed by atoms with Crippen molar-refractivity contribution in [2.45, 2.75) is 0 Å². The minimum absolute atomic E-state index is 0.0590. The second-order valence-corrected chi connectivity index (χ2v) is 15.2. The van der Waals surface area contributed by atoms with E-state index in [2.05, 4.69) is 89.5 Å². The fraction of sp³-hybridized carbons (Fsp3) is 0. The Labute approximate surface area is 364 Å². The van der Waals surface area contributed by atoms with E-state index >= 15 is 0 Å². The highest BCUT2D eigenvalue weighted by atomic mass is 16.3. The third-order valence-electron chi connectivity index (χ3n) is 11.5. The number of hydrogen-bond donors (Lipinski definition) is 0. The Morgan fingerprint density at radius 1 is 0.371 bits per heavy atom. The van der Waals surface area contributed by atoms with Crippen LogP contribution in [0, 0.1) is 0 Å². The topological polar surface area (TPSA) is 56.7 Å². The second kappa shape index (κ2) is 14.7. The number of benzene rings is 9. The van der Waals surface area contributed by atoms with Crippen LogP contribution in [0.2, 0.25) is 0 Å². The molecule has 0 N–H and O–H groups in total. The number of hydrogen-bond acceptors (Lipinski definition) is 4. The Morgan fingerprint density at radius 2 is 0.887 bits per heavy atom. The normalized spacial score (nSPS) is 12.7. The molecule has 9 aromatic carbocycles. The summed E-state index contributed by atoms with van der Waals surface area (Å²) in [6.45, 7) is 0. The average molecular weight is 798 g/mol. The van der Waals surface area contributed by atoms with Crippen molar-refractivity contribution in [3.8, 4) is 73.2 Å². The van der Waals surface area contributed by atoms with Gasteiger partial charge in [0.25, 0.3) is 0 Å². The van der Waals surface area contributed by atoms with Crippen molar-refractivity contribution in [1.29, 1.82) is 0 Å². The summed E-state index contributed by atoms with van der Waals surface area (Å²) in [5.41, 5.74) is 11.4. The summed E-state index contributed by atoms with van der Waals surface area (Å²) in [5, 5.41) is 3.92. The predicted molar refractivity (Wildman–Crippen MR) is 254 cm³/mol. The van der Waals surface area contributed by atoms with Gasteiger partial charge < -0.3 is 8.98 Å². The smallest absolute Gasteiger partial charge is 0.167 e. The van der Waals surface area contributed by atoms with Crippen molar-refractivity contribution in [2.24, 2.45) is 0 Å². The molecule has 0 fully saturated rings. The van der Waals surface area contributed by atoms with Crippen LogP contribution in [0.4, 0.5) is 0 Å². The monoisotopic (exact) mass is 797 g/mol. The van der Waals surface area contributed by atoms with Crippen LogP contribution in [0.25, 0.3) is 117 Å². The zero-order chi connectivity index (χ0) is 45.3. The summed E-state index contributed by atoms with van der Waals surface area (Å²) in [4.78, 5) is 15.0. The molecule has 12 rings (SSSR count). The molecule has 0 amide bonds. The van der Waals surface area contributed by atoms with Gasteiger partial charge in [-0.25, -0.2) is 15.0 Å². The van der Waals surface area contributed by atoms with Crippen LogP contribution in [-0.2, 0) is 0 Å². The summed E-state index contributed by atoms with van der Waals surface area (Å²) in [5.74, 6) is 0.413. The van der Waals surface area contributed by atoms with Crippen molar-refractivity contribution in [3.05, 3.63) is 218 Å². The molecule has 3 heterocycles. The van der Waals surface area contributed by atoms with E-state index < -0.39 is 30.2 Å². The highest BCUT2D eigenvalue weighted by Gasteiger charge is 2.22. The molecule has 0 atom stereocenters. The number of para-hydroxylation sites is 2. The van der Waals surface area contributed by atoms with E-state index in [1.54, 1.807) is 0 Å². The zero-order valence-electron chi connectivity index (χ0n) is 38.1. The van der Waals surface area contributed by atoms with Crippen LogP contribution in [0.15, 0.2) is 223 Å². The second-order valence-electron chi connectivity index (χ2n) is 15.2. The van der Waals surface area contributed by atoms with Gasteiger partial charge in [0.15, 0.2) is 17.5 Å². The van der Waals surface area contributed by atoms with Gasteiger partial charge in [0, 0.05) is 38.4 Å². The van der Waals surface area contributed by atoms with E-state index in [9.17, 15) is 0 Å². The van der Waals surface area contributed by atoms with Crippen LogP contribution >= 0.6 is 0 Å². The molecule has 290 valence electrons. The fourth-order valence-corrected chi connectivity index (χ4v) is 8.59. The summed E-state index contributed by atoms with van der Waals surface area (Å²) >= 11 is 0. The quantitative estimate of drug-likeness (QED) is 0.161. The number of rotatable bonds is 7. The minimum Gasteiger partial charge on any atom is -0.455 e. The standard InChI is InChI=1S/C57H36N4O/c1-4-15-37(16-5-1)39-27-29-41(30-28-39)56-58-55(40-19-8-3-9-20-40)59-57(60-56)50-36-45(61-51-25-12-10-23-46(51)47-24-11-13-26-52(47)61)35-49-48-32-31-44(34-53(48)62-54(49)50)43-22-14-21-42(33-43)38-17-6-2-7-18-38/h1-36H/i3D,8D,9D,19D,20D. The van der Waals surface area contributed by atoms with E-state index in [1.165, 1.54) is 0 Å². The maximum atomic E-state index is 8.99. The van der Waals surface area contributed by atoms with E-state index in [4.69, 9.17) is 26.2 Å². The number of nitrogens with zero attached hydrogens (tertiary/aromatic N) is 4. The molecule has 0 aliphatic rings. The molecule has 62 heavy (non-hydrogen) atoms. The van der Waals surface area contributed by atoms with Gasteiger partial charge in [0.2, 0.25) is 0 Å². The van der Waals surface area contributed by atoms with Crippen LogP contribution in [0.3, 0.4) is 0 Å². The molecule has 0 saturated heterocycles. The Hall–Kier alpha value is -8.41. The molecule has 0 bridgehead atoms. The minimum atomic E-state index is -0.501. The first-order valence-electron chi connectivity index (χ1n) is 22.9. The van der Waals surface area contributed by atoms with Crippen LogP contribution in [0.5, 0.6) is 0 Å². The van der Waals surface area contributed by atoms with Crippen molar-refractivity contribution < 1.29 is 11.3 Å². The molecular weight excluding hydrogens is 757 g/mol. The number of aromatic nitrogens is 4. The summed E-state index contributed by atoms with van der Waals surface area (Å²) in [6, 6.07) is 61.4. The van der Waals surface area contributed by atoms with Gasteiger partial charge in [-0.15, -0.1) is 0 Å². The molecule has 0 radical (unpaired) electrons. The van der Waals surface area contributed by atoms with E-state index in [1.807, 2.05) is 103 Å². The Morgan fingerprint density at radius 3 is 1.58 bits per heavy atom. The lowest BCUT2D eigenvalue weighted by Gasteiger charge is -2.13. The van der Waals surface area contributed by atoms with Gasteiger partial charge in [-0.3, -0.25) is 0 Å². The lowest BCUT2D eigenvalue weighted by atomic mass is 9.98. The number of furan rings is 1. The number of fused-ring (bicyclic) bond motifs is 6. The molecule has 0 saturated carbocycles. The molecule has 3 aromatic heterocycles. The van der Waals surface area contributed by atoms with Crippen LogP contribution in [-0.4, -0.2) is 19.5 Å². The van der Waals surface area contributed by atoms with Gasteiger partial charge in [-0.1, -0.05) is 176 Å².